The third kappa shape index (κ3) is 2.94. The first kappa shape index (κ1) is 11.4. The van der Waals surface area contributed by atoms with E-state index in [-0.39, 0.29) is 0 Å². The quantitative estimate of drug-likeness (QED) is 0.838. The number of nitrogens with zero attached hydrogens (tertiary/aromatic N) is 5. The second kappa shape index (κ2) is 5.31. The molecule has 0 bridgehead atoms. The molecule has 2 aromatic heterocycles. The number of aliphatic hydroxyl groups excluding tert-OH is 1. The Kier molecular flexibility index (Phi) is 3.56. The average molecular weight is 231 g/mol. The lowest BCUT2D eigenvalue weighted by Crippen LogP contribution is -2.28. The van der Waals surface area contributed by atoms with Crippen molar-refractivity contribution < 1.29 is 5.11 Å². The molecule has 17 heavy (non-hydrogen) atoms. The van der Waals surface area contributed by atoms with Crippen molar-refractivity contribution in [1.82, 2.24) is 19.9 Å². The second-order valence-electron chi connectivity index (χ2n) is 3.59. The molecule has 0 aliphatic heterocycles. The Morgan fingerprint density at radius 3 is 2.00 bits per heavy atom. The molecule has 0 saturated carbocycles. The van der Waals surface area contributed by atoms with Crippen LogP contribution in [-0.4, -0.2) is 37.7 Å². The molecule has 2 heterocycles. The van der Waals surface area contributed by atoms with Crippen molar-refractivity contribution in [2.45, 2.75) is 13.0 Å². The SMILES string of the molecule is CC(O)CN(c1ccncn1)c1ccncn1. The number of anilines is 2. The minimum Gasteiger partial charge on any atom is -0.392 e. The molecule has 6 nitrogen and oxygen atoms in total. The number of rotatable bonds is 4. The third-order valence-corrected chi connectivity index (χ3v) is 2.13. The summed E-state index contributed by atoms with van der Waals surface area (Å²) in [4.78, 5) is 17.9. The van der Waals surface area contributed by atoms with Gasteiger partial charge in [-0.25, -0.2) is 19.9 Å². The van der Waals surface area contributed by atoms with Crippen LogP contribution in [0.2, 0.25) is 0 Å². The summed E-state index contributed by atoms with van der Waals surface area (Å²) in [7, 11) is 0. The lowest BCUT2D eigenvalue weighted by Gasteiger charge is -2.23. The van der Waals surface area contributed by atoms with Gasteiger partial charge in [0, 0.05) is 12.4 Å². The molecule has 2 aromatic rings. The van der Waals surface area contributed by atoms with Gasteiger partial charge in [-0.1, -0.05) is 0 Å². The van der Waals surface area contributed by atoms with Crippen molar-refractivity contribution in [3.05, 3.63) is 37.2 Å². The van der Waals surface area contributed by atoms with E-state index >= 15 is 0 Å². The Morgan fingerprint density at radius 2 is 1.65 bits per heavy atom. The summed E-state index contributed by atoms with van der Waals surface area (Å²) in [5.74, 6) is 1.39. The predicted molar refractivity (Wildman–Crippen MR) is 62.8 cm³/mol. The summed E-state index contributed by atoms with van der Waals surface area (Å²) in [6, 6.07) is 3.54. The fourth-order valence-corrected chi connectivity index (χ4v) is 1.46. The normalized spacial score (nSPS) is 12.1. The van der Waals surface area contributed by atoms with E-state index in [1.54, 1.807) is 31.5 Å². The zero-order chi connectivity index (χ0) is 12.1. The van der Waals surface area contributed by atoms with E-state index in [9.17, 15) is 5.11 Å². The van der Waals surface area contributed by atoms with Crippen LogP contribution in [0, 0.1) is 0 Å². The minimum atomic E-state index is -0.486. The fraction of sp³-hybridized carbons (Fsp3) is 0.273. The van der Waals surface area contributed by atoms with Crippen LogP contribution < -0.4 is 4.90 Å². The minimum absolute atomic E-state index is 0.411. The van der Waals surface area contributed by atoms with Crippen LogP contribution in [-0.2, 0) is 0 Å². The maximum atomic E-state index is 9.52. The number of hydrogen-bond acceptors (Lipinski definition) is 6. The summed E-state index contributed by atoms with van der Waals surface area (Å²) in [5, 5.41) is 9.52. The summed E-state index contributed by atoms with van der Waals surface area (Å²) in [5.41, 5.74) is 0. The van der Waals surface area contributed by atoms with E-state index in [0.717, 1.165) is 0 Å². The Labute approximate surface area is 99.0 Å². The van der Waals surface area contributed by atoms with Crippen molar-refractivity contribution in [2.75, 3.05) is 11.4 Å². The predicted octanol–water partition coefficient (Wildman–Crippen LogP) is 0.785. The Morgan fingerprint density at radius 1 is 1.12 bits per heavy atom. The summed E-state index contributed by atoms with van der Waals surface area (Å²) < 4.78 is 0. The zero-order valence-corrected chi connectivity index (χ0v) is 9.43. The van der Waals surface area contributed by atoms with Crippen LogP contribution in [0.5, 0.6) is 0 Å². The molecule has 0 aliphatic rings. The van der Waals surface area contributed by atoms with Crippen LogP contribution in [0.4, 0.5) is 11.6 Å². The molecular formula is C11H13N5O. The molecule has 2 rings (SSSR count). The van der Waals surface area contributed by atoms with Crippen molar-refractivity contribution in [2.24, 2.45) is 0 Å². The van der Waals surface area contributed by atoms with Gasteiger partial charge in [-0.3, -0.25) is 0 Å². The molecule has 0 saturated heterocycles. The number of hydrogen-bond donors (Lipinski definition) is 1. The average Bonchev–Trinajstić information content (AvgIpc) is 2.38. The van der Waals surface area contributed by atoms with E-state index < -0.39 is 6.10 Å². The number of aliphatic hydroxyl groups is 1. The van der Waals surface area contributed by atoms with Gasteiger partial charge in [0.2, 0.25) is 0 Å². The Hall–Kier alpha value is -2.08. The first-order chi connectivity index (χ1) is 8.27. The maximum absolute atomic E-state index is 9.52. The lowest BCUT2D eigenvalue weighted by atomic mass is 10.3. The molecular weight excluding hydrogens is 218 g/mol. The molecule has 88 valence electrons. The molecule has 0 fully saturated rings. The van der Waals surface area contributed by atoms with Crippen molar-refractivity contribution in [3.8, 4) is 0 Å². The highest BCUT2D eigenvalue weighted by Crippen LogP contribution is 2.19. The highest BCUT2D eigenvalue weighted by molar-refractivity contribution is 5.54. The van der Waals surface area contributed by atoms with Crippen LogP contribution in [0.15, 0.2) is 37.2 Å². The Balaban J connectivity index is 2.32. The maximum Gasteiger partial charge on any atom is 0.137 e. The van der Waals surface area contributed by atoms with Gasteiger partial charge in [0.25, 0.3) is 0 Å². The molecule has 1 N–H and O–H groups in total. The van der Waals surface area contributed by atoms with Gasteiger partial charge in [-0.05, 0) is 19.1 Å². The van der Waals surface area contributed by atoms with E-state index in [1.165, 1.54) is 12.7 Å². The summed E-state index contributed by atoms with van der Waals surface area (Å²) in [6.45, 7) is 2.13. The molecule has 0 aromatic carbocycles. The van der Waals surface area contributed by atoms with Gasteiger partial charge in [-0.15, -0.1) is 0 Å². The lowest BCUT2D eigenvalue weighted by molar-refractivity contribution is 0.202. The molecule has 1 atom stereocenters. The highest BCUT2D eigenvalue weighted by Gasteiger charge is 2.13. The molecule has 6 heteroatoms. The van der Waals surface area contributed by atoms with Gasteiger partial charge >= 0.3 is 0 Å². The molecule has 0 spiro atoms. The standard InChI is InChI=1S/C11H13N5O/c1-9(17)6-16(10-2-4-12-7-14-10)11-3-5-13-8-15-11/h2-5,7-9,17H,6H2,1H3. The topological polar surface area (TPSA) is 75.0 Å². The van der Waals surface area contributed by atoms with Crippen molar-refractivity contribution in [3.63, 3.8) is 0 Å². The van der Waals surface area contributed by atoms with Crippen LogP contribution in [0.3, 0.4) is 0 Å². The monoisotopic (exact) mass is 231 g/mol. The smallest absolute Gasteiger partial charge is 0.137 e. The highest BCUT2D eigenvalue weighted by atomic mass is 16.3. The first-order valence-electron chi connectivity index (χ1n) is 5.25. The second-order valence-corrected chi connectivity index (χ2v) is 3.59. The largest absolute Gasteiger partial charge is 0.392 e. The van der Waals surface area contributed by atoms with Gasteiger partial charge in [0.05, 0.1) is 12.6 Å². The van der Waals surface area contributed by atoms with E-state index in [4.69, 9.17) is 0 Å². The van der Waals surface area contributed by atoms with Gasteiger partial charge in [-0.2, -0.15) is 0 Å². The van der Waals surface area contributed by atoms with E-state index in [2.05, 4.69) is 19.9 Å². The van der Waals surface area contributed by atoms with Gasteiger partial charge < -0.3 is 10.0 Å². The fourth-order valence-electron chi connectivity index (χ4n) is 1.46. The number of aromatic nitrogens is 4. The summed E-state index contributed by atoms with van der Waals surface area (Å²) in [6.07, 6.45) is 5.74. The van der Waals surface area contributed by atoms with Crippen LogP contribution in [0.1, 0.15) is 6.92 Å². The zero-order valence-electron chi connectivity index (χ0n) is 9.43. The van der Waals surface area contributed by atoms with E-state index in [0.29, 0.717) is 18.2 Å². The van der Waals surface area contributed by atoms with E-state index in [1.807, 2.05) is 4.90 Å². The summed E-state index contributed by atoms with van der Waals surface area (Å²) >= 11 is 0. The van der Waals surface area contributed by atoms with Crippen LogP contribution in [0.25, 0.3) is 0 Å². The van der Waals surface area contributed by atoms with Crippen molar-refractivity contribution >= 4 is 11.6 Å². The molecule has 1 unspecified atom stereocenters. The Bertz CT molecular complexity index is 408. The molecule has 0 radical (unpaired) electrons. The first-order valence-corrected chi connectivity index (χ1v) is 5.25. The molecule has 0 amide bonds. The third-order valence-electron chi connectivity index (χ3n) is 2.13. The van der Waals surface area contributed by atoms with Gasteiger partial charge in [0.1, 0.15) is 24.3 Å². The molecule has 0 aliphatic carbocycles. The van der Waals surface area contributed by atoms with Gasteiger partial charge in [0.15, 0.2) is 0 Å². The van der Waals surface area contributed by atoms with Crippen molar-refractivity contribution in [1.29, 1.82) is 0 Å². The van der Waals surface area contributed by atoms with Crippen LogP contribution >= 0.6 is 0 Å².